The van der Waals surface area contributed by atoms with Gasteiger partial charge >= 0.3 is 0 Å². The van der Waals surface area contributed by atoms with Crippen LogP contribution in [-0.2, 0) is 0 Å². The zero-order valence-electron chi connectivity index (χ0n) is 3.24. The van der Waals surface area contributed by atoms with Crippen molar-refractivity contribution in [2.24, 2.45) is 0 Å². The molecule has 2 nitrogen and oxygen atoms in total. The molecule has 1 aliphatic rings. The molecule has 1 fully saturated rings. The first-order valence-electron chi connectivity index (χ1n) is 1.85. The Morgan fingerprint density at radius 3 is 2.83 bits per heavy atom. The molecule has 0 bridgehead atoms. The van der Waals surface area contributed by atoms with E-state index in [1.807, 2.05) is 0 Å². The lowest BCUT2D eigenvalue weighted by Crippen LogP contribution is -2.13. The van der Waals surface area contributed by atoms with Crippen LogP contribution in [0.5, 0.6) is 0 Å². The second-order valence-electron chi connectivity index (χ2n) is 1.19. The fraction of sp³-hybridized carbons (Fsp3) is 0.667. The van der Waals surface area contributed by atoms with Gasteiger partial charge in [-0.3, -0.25) is 10.6 Å². The zero-order valence-corrected chi connectivity index (χ0v) is 4.00. The van der Waals surface area contributed by atoms with Crippen LogP contribution in [0.25, 0.3) is 0 Å². The highest BCUT2D eigenvalue weighted by atomic mass is 35.5. The van der Waals surface area contributed by atoms with Gasteiger partial charge in [0.25, 0.3) is 0 Å². The first-order chi connectivity index (χ1) is 2.89. The molecule has 0 spiro atoms. The predicted octanol–water partition coefficient (Wildman–Crippen LogP) is -0.137. The Morgan fingerprint density at radius 2 is 2.67 bits per heavy atom. The largest absolute Gasteiger partial charge is 0.297 e. The molecule has 0 aromatic carbocycles. The average molecular weight is 106 g/mol. The average Bonchev–Trinajstić information content (AvgIpc) is 1.86. The molecule has 1 unspecified atom stereocenters. The SMILES string of the molecule is ClC1CN[CH]N1. The van der Waals surface area contributed by atoms with Gasteiger partial charge in [-0.05, 0) is 0 Å². The third-order valence-electron chi connectivity index (χ3n) is 0.663. The molecule has 1 rings (SSSR count). The maximum Gasteiger partial charge on any atom is 0.0964 e. The highest BCUT2D eigenvalue weighted by molar-refractivity contribution is 6.20. The van der Waals surface area contributed by atoms with E-state index in [4.69, 9.17) is 11.6 Å². The summed E-state index contributed by atoms with van der Waals surface area (Å²) in [6, 6.07) is 0. The molecule has 0 saturated carbocycles. The summed E-state index contributed by atoms with van der Waals surface area (Å²) in [4.78, 5) is 0. The summed E-state index contributed by atoms with van der Waals surface area (Å²) in [5, 5.41) is 5.75. The van der Waals surface area contributed by atoms with Gasteiger partial charge in [-0.1, -0.05) is 0 Å². The standard InChI is InChI=1S/C3H6ClN2/c4-3-1-5-2-6-3/h2-3,5-6H,1H2. The van der Waals surface area contributed by atoms with E-state index in [-0.39, 0.29) is 5.50 Å². The summed E-state index contributed by atoms with van der Waals surface area (Å²) in [6.07, 6.45) is 0. The minimum Gasteiger partial charge on any atom is -0.297 e. The van der Waals surface area contributed by atoms with E-state index < -0.39 is 0 Å². The van der Waals surface area contributed by atoms with Gasteiger partial charge in [0, 0.05) is 6.54 Å². The Hall–Kier alpha value is 0.210. The first kappa shape index (κ1) is 4.37. The van der Waals surface area contributed by atoms with Gasteiger partial charge in [0.15, 0.2) is 0 Å². The van der Waals surface area contributed by atoms with E-state index in [0.717, 1.165) is 6.54 Å². The third kappa shape index (κ3) is 0.834. The molecule has 1 heterocycles. The number of hydrogen-bond acceptors (Lipinski definition) is 2. The zero-order chi connectivity index (χ0) is 4.41. The van der Waals surface area contributed by atoms with Crippen molar-refractivity contribution in [1.29, 1.82) is 0 Å². The van der Waals surface area contributed by atoms with Crippen molar-refractivity contribution >= 4 is 11.6 Å². The molecule has 35 valence electrons. The van der Waals surface area contributed by atoms with Crippen LogP contribution in [0.4, 0.5) is 0 Å². The van der Waals surface area contributed by atoms with Gasteiger partial charge in [-0.25, -0.2) is 0 Å². The Labute approximate surface area is 41.9 Å². The van der Waals surface area contributed by atoms with Crippen LogP contribution >= 0.6 is 11.6 Å². The molecular formula is C3H6ClN2. The number of rotatable bonds is 0. The summed E-state index contributed by atoms with van der Waals surface area (Å²) < 4.78 is 0. The molecule has 0 amide bonds. The quantitative estimate of drug-likeness (QED) is 0.331. The minimum atomic E-state index is 0.102. The molecule has 0 aliphatic carbocycles. The third-order valence-corrected chi connectivity index (χ3v) is 0.944. The van der Waals surface area contributed by atoms with E-state index in [1.165, 1.54) is 0 Å². The number of halogens is 1. The molecule has 1 saturated heterocycles. The van der Waals surface area contributed by atoms with Crippen molar-refractivity contribution < 1.29 is 0 Å². The molecular weight excluding hydrogens is 99.5 g/mol. The van der Waals surface area contributed by atoms with Crippen LogP contribution in [0.15, 0.2) is 0 Å². The molecule has 0 aromatic heterocycles. The molecule has 2 N–H and O–H groups in total. The van der Waals surface area contributed by atoms with Crippen LogP contribution in [-0.4, -0.2) is 12.0 Å². The van der Waals surface area contributed by atoms with Crippen LogP contribution < -0.4 is 10.6 Å². The van der Waals surface area contributed by atoms with Crippen LogP contribution in [0.2, 0.25) is 0 Å². The van der Waals surface area contributed by atoms with Crippen LogP contribution in [0.1, 0.15) is 0 Å². The van der Waals surface area contributed by atoms with Crippen LogP contribution in [0, 0.1) is 6.67 Å². The number of alkyl halides is 1. The summed E-state index contributed by atoms with van der Waals surface area (Å²) in [6.45, 7) is 2.58. The Balaban J connectivity index is 2.18. The van der Waals surface area contributed by atoms with E-state index >= 15 is 0 Å². The second-order valence-corrected chi connectivity index (χ2v) is 1.71. The lowest BCUT2D eigenvalue weighted by atomic mass is 10.7. The highest BCUT2D eigenvalue weighted by Crippen LogP contribution is 1.92. The maximum atomic E-state index is 5.51. The summed E-state index contributed by atoms with van der Waals surface area (Å²) in [7, 11) is 0. The fourth-order valence-electron chi connectivity index (χ4n) is 0.371. The molecule has 3 heteroatoms. The van der Waals surface area contributed by atoms with Crippen molar-refractivity contribution in [3.05, 3.63) is 6.67 Å². The Bertz CT molecular complexity index is 42.1. The second kappa shape index (κ2) is 1.78. The van der Waals surface area contributed by atoms with Crippen molar-refractivity contribution in [3.8, 4) is 0 Å². The smallest absolute Gasteiger partial charge is 0.0964 e. The molecule has 1 radical (unpaired) electrons. The fourth-order valence-corrected chi connectivity index (χ4v) is 0.523. The number of hydrogen-bond donors (Lipinski definition) is 2. The van der Waals surface area contributed by atoms with E-state index in [0.29, 0.717) is 0 Å². The molecule has 0 aromatic rings. The van der Waals surface area contributed by atoms with Gasteiger partial charge in [-0.2, -0.15) is 0 Å². The highest BCUT2D eigenvalue weighted by Gasteiger charge is 2.07. The predicted molar refractivity (Wildman–Crippen MR) is 25.1 cm³/mol. The normalized spacial score (nSPS) is 34.5. The van der Waals surface area contributed by atoms with Gasteiger partial charge < -0.3 is 0 Å². The first-order valence-corrected chi connectivity index (χ1v) is 2.28. The maximum absolute atomic E-state index is 5.51. The van der Waals surface area contributed by atoms with Gasteiger partial charge in [0.05, 0.1) is 12.2 Å². The van der Waals surface area contributed by atoms with E-state index in [1.54, 1.807) is 6.67 Å². The number of nitrogens with one attached hydrogen (secondary N) is 2. The van der Waals surface area contributed by atoms with Crippen molar-refractivity contribution in [2.75, 3.05) is 6.54 Å². The van der Waals surface area contributed by atoms with Crippen molar-refractivity contribution in [1.82, 2.24) is 10.6 Å². The lowest BCUT2D eigenvalue weighted by molar-refractivity contribution is 0.862. The van der Waals surface area contributed by atoms with E-state index in [2.05, 4.69) is 10.6 Å². The molecule has 6 heavy (non-hydrogen) atoms. The summed E-state index contributed by atoms with van der Waals surface area (Å²) in [5.41, 5.74) is 0.102. The van der Waals surface area contributed by atoms with Crippen LogP contribution in [0.3, 0.4) is 0 Å². The Morgan fingerprint density at radius 1 is 1.83 bits per heavy atom. The summed E-state index contributed by atoms with van der Waals surface area (Å²) >= 11 is 5.51. The lowest BCUT2D eigenvalue weighted by Gasteiger charge is -1.89. The van der Waals surface area contributed by atoms with E-state index in [9.17, 15) is 0 Å². The minimum absolute atomic E-state index is 0.102. The van der Waals surface area contributed by atoms with Crippen molar-refractivity contribution in [2.45, 2.75) is 5.50 Å². The topological polar surface area (TPSA) is 24.1 Å². The van der Waals surface area contributed by atoms with Crippen molar-refractivity contribution in [3.63, 3.8) is 0 Å². The van der Waals surface area contributed by atoms with Gasteiger partial charge in [0.2, 0.25) is 0 Å². The van der Waals surface area contributed by atoms with Gasteiger partial charge in [0.1, 0.15) is 0 Å². The monoisotopic (exact) mass is 105 g/mol. The molecule has 1 aliphatic heterocycles. The summed E-state index contributed by atoms with van der Waals surface area (Å²) in [5.74, 6) is 0. The Kier molecular flexibility index (Phi) is 1.29. The van der Waals surface area contributed by atoms with Gasteiger partial charge in [-0.15, -0.1) is 11.6 Å². The molecule has 1 atom stereocenters.